The van der Waals surface area contributed by atoms with E-state index in [0.717, 1.165) is 17.8 Å². The molecule has 2 unspecified atom stereocenters. The fraction of sp³-hybridized carbons (Fsp3) is 0.900. The lowest BCUT2D eigenvalue weighted by atomic mass is 9.76. The summed E-state index contributed by atoms with van der Waals surface area (Å²) in [6.45, 7) is 4.58. The summed E-state index contributed by atoms with van der Waals surface area (Å²) in [5.41, 5.74) is 0.488. The maximum absolute atomic E-state index is 11.0. The van der Waals surface area contributed by atoms with E-state index in [4.69, 9.17) is 0 Å². The molecular weight excluding hydrogens is 136 g/mol. The molecule has 2 atom stereocenters. The molecule has 0 saturated heterocycles. The van der Waals surface area contributed by atoms with Crippen molar-refractivity contribution in [2.45, 2.75) is 26.7 Å². The standard InChI is InChI=1S/C10H14O/c1-9(2)6-3-7-8(4-6)10(7,9)5-11/h5-8H,3-4H2,1-2H3. The second-order valence-electron chi connectivity index (χ2n) is 5.15. The predicted octanol–water partition coefficient (Wildman–Crippen LogP) is 1.87. The summed E-state index contributed by atoms with van der Waals surface area (Å²) in [5.74, 6) is 2.45. The molecule has 1 nitrogen and oxygen atoms in total. The van der Waals surface area contributed by atoms with Crippen LogP contribution in [0.2, 0.25) is 0 Å². The smallest absolute Gasteiger partial charge is 0.127 e. The first kappa shape index (κ1) is 6.22. The van der Waals surface area contributed by atoms with Gasteiger partial charge in [0.1, 0.15) is 6.29 Å². The molecule has 0 aromatic rings. The van der Waals surface area contributed by atoms with Gasteiger partial charge in [0.2, 0.25) is 0 Å². The molecular formula is C10H14O. The Labute approximate surface area is 67.2 Å². The minimum atomic E-state index is 0.150. The lowest BCUT2D eigenvalue weighted by molar-refractivity contribution is -0.115. The molecule has 0 aliphatic heterocycles. The molecule has 4 aliphatic rings. The summed E-state index contributed by atoms with van der Waals surface area (Å²) in [4.78, 5) is 11.0. The van der Waals surface area contributed by atoms with Crippen LogP contribution in [0.3, 0.4) is 0 Å². The van der Waals surface area contributed by atoms with E-state index in [0.29, 0.717) is 5.41 Å². The molecule has 60 valence electrons. The van der Waals surface area contributed by atoms with Gasteiger partial charge in [0.15, 0.2) is 0 Å². The summed E-state index contributed by atoms with van der Waals surface area (Å²) < 4.78 is 0. The molecule has 0 radical (unpaired) electrons. The second-order valence-corrected chi connectivity index (χ2v) is 5.15. The third kappa shape index (κ3) is 0.361. The van der Waals surface area contributed by atoms with Gasteiger partial charge in [-0.2, -0.15) is 0 Å². The number of hydrogen-bond donors (Lipinski definition) is 0. The van der Waals surface area contributed by atoms with Crippen LogP contribution in [-0.2, 0) is 4.79 Å². The zero-order valence-electron chi connectivity index (χ0n) is 7.13. The molecule has 4 aliphatic carbocycles. The topological polar surface area (TPSA) is 17.1 Å². The monoisotopic (exact) mass is 150 g/mol. The van der Waals surface area contributed by atoms with Crippen LogP contribution in [0, 0.1) is 28.6 Å². The van der Waals surface area contributed by atoms with E-state index in [1.54, 1.807) is 0 Å². The molecule has 4 fully saturated rings. The number of aldehydes is 1. The van der Waals surface area contributed by atoms with Crippen LogP contribution in [0.25, 0.3) is 0 Å². The SMILES string of the molecule is CC1(C)C2CC3C(C2)C31C=O. The molecule has 0 amide bonds. The Kier molecular flexibility index (Phi) is 0.733. The van der Waals surface area contributed by atoms with Crippen LogP contribution in [0.5, 0.6) is 0 Å². The van der Waals surface area contributed by atoms with Gasteiger partial charge < -0.3 is 4.79 Å². The van der Waals surface area contributed by atoms with E-state index in [2.05, 4.69) is 13.8 Å². The van der Waals surface area contributed by atoms with Crippen molar-refractivity contribution in [1.29, 1.82) is 0 Å². The normalized spacial score (nSPS) is 61.5. The second kappa shape index (κ2) is 1.30. The van der Waals surface area contributed by atoms with E-state index in [1.807, 2.05) is 0 Å². The van der Waals surface area contributed by atoms with Crippen LogP contribution in [0.4, 0.5) is 0 Å². The predicted molar refractivity (Wildman–Crippen MR) is 42.0 cm³/mol. The van der Waals surface area contributed by atoms with Gasteiger partial charge in [-0.3, -0.25) is 0 Å². The van der Waals surface area contributed by atoms with Crippen molar-refractivity contribution in [3.8, 4) is 0 Å². The first-order chi connectivity index (χ1) is 5.14. The van der Waals surface area contributed by atoms with Crippen molar-refractivity contribution < 1.29 is 4.79 Å². The maximum Gasteiger partial charge on any atom is 0.127 e. The Morgan fingerprint density at radius 2 is 1.82 bits per heavy atom. The summed E-state index contributed by atoms with van der Waals surface area (Å²) >= 11 is 0. The third-order valence-electron chi connectivity index (χ3n) is 5.01. The van der Waals surface area contributed by atoms with Crippen molar-refractivity contribution in [3.63, 3.8) is 0 Å². The zero-order chi connectivity index (χ0) is 7.85. The number of hydrogen-bond acceptors (Lipinski definition) is 1. The van der Waals surface area contributed by atoms with E-state index < -0.39 is 0 Å². The molecule has 4 saturated carbocycles. The molecule has 1 heteroatoms. The summed E-state index contributed by atoms with van der Waals surface area (Å²) in [6, 6.07) is 0. The minimum Gasteiger partial charge on any atom is -0.303 e. The highest BCUT2D eigenvalue weighted by Gasteiger charge is 2.82. The number of carbonyl (C=O) groups excluding carboxylic acids is 1. The summed E-state index contributed by atoms with van der Waals surface area (Å²) in [5, 5.41) is 0. The van der Waals surface area contributed by atoms with Gasteiger partial charge in [0.25, 0.3) is 0 Å². The molecule has 0 aromatic carbocycles. The quantitative estimate of drug-likeness (QED) is 0.521. The van der Waals surface area contributed by atoms with Gasteiger partial charge in [0, 0.05) is 5.41 Å². The van der Waals surface area contributed by atoms with Crippen LogP contribution in [-0.4, -0.2) is 6.29 Å². The molecule has 11 heavy (non-hydrogen) atoms. The largest absolute Gasteiger partial charge is 0.303 e. The third-order valence-corrected chi connectivity index (χ3v) is 5.01. The Hall–Kier alpha value is -0.330. The molecule has 0 aromatic heterocycles. The molecule has 0 N–H and O–H groups in total. The highest BCUT2D eigenvalue weighted by Crippen LogP contribution is 2.85. The number of rotatable bonds is 1. The van der Waals surface area contributed by atoms with E-state index in [9.17, 15) is 4.79 Å². The molecule has 0 spiro atoms. The fourth-order valence-corrected chi connectivity index (χ4v) is 4.22. The highest BCUT2D eigenvalue weighted by molar-refractivity contribution is 5.71. The molecule has 0 heterocycles. The maximum atomic E-state index is 11.0. The Morgan fingerprint density at radius 3 is 2.00 bits per heavy atom. The molecule has 4 bridgehead atoms. The van der Waals surface area contributed by atoms with Crippen molar-refractivity contribution in [1.82, 2.24) is 0 Å². The lowest BCUT2D eigenvalue weighted by Gasteiger charge is -2.27. The summed E-state index contributed by atoms with van der Waals surface area (Å²) in [6.07, 6.45) is 3.96. The first-order valence-electron chi connectivity index (χ1n) is 4.61. The Balaban J connectivity index is 2.17. The Morgan fingerprint density at radius 1 is 1.27 bits per heavy atom. The first-order valence-corrected chi connectivity index (χ1v) is 4.61. The van der Waals surface area contributed by atoms with E-state index in [1.165, 1.54) is 19.1 Å². The zero-order valence-corrected chi connectivity index (χ0v) is 7.13. The van der Waals surface area contributed by atoms with Crippen LogP contribution >= 0.6 is 0 Å². The molecule has 4 rings (SSSR count). The van der Waals surface area contributed by atoms with Crippen molar-refractivity contribution in [2.24, 2.45) is 28.6 Å². The van der Waals surface area contributed by atoms with E-state index >= 15 is 0 Å². The van der Waals surface area contributed by atoms with Crippen molar-refractivity contribution >= 4 is 6.29 Å². The average Bonchev–Trinajstić information content (AvgIpc) is 2.26. The lowest BCUT2D eigenvalue weighted by Crippen LogP contribution is -2.26. The van der Waals surface area contributed by atoms with Gasteiger partial charge in [0.05, 0.1) is 0 Å². The van der Waals surface area contributed by atoms with Crippen LogP contribution in [0.15, 0.2) is 0 Å². The van der Waals surface area contributed by atoms with Crippen molar-refractivity contribution in [2.75, 3.05) is 0 Å². The van der Waals surface area contributed by atoms with Crippen LogP contribution in [0.1, 0.15) is 26.7 Å². The summed E-state index contributed by atoms with van der Waals surface area (Å²) in [7, 11) is 0. The average molecular weight is 150 g/mol. The van der Waals surface area contributed by atoms with Gasteiger partial charge in [-0.05, 0) is 36.0 Å². The van der Waals surface area contributed by atoms with Gasteiger partial charge in [-0.1, -0.05) is 13.8 Å². The number of carbonyl (C=O) groups is 1. The highest BCUT2D eigenvalue weighted by atomic mass is 16.1. The fourth-order valence-electron chi connectivity index (χ4n) is 4.22. The minimum absolute atomic E-state index is 0.150. The Bertz CT molecular complexity index is 229. The van der Waals surface area contributed by atoms with E-state index in [-0.39, 0.29) is 5.41 Å². The van der Waals surface area contributed by atoms with Crippen molar-refractivity contribution in [3.05, 3.63) is 0 Å². The van der Waals surface area contributed by atoms with Gasteiger partial charge in [-0.25, -0.2) is 0 Å². The van der Waals surface area contributed by atoms with Crippen LogP contribution < -0.4 is 0 Å². The van der Waals surface area contributed by atoms with Gasteiger partial charge >= 0.3 is 0 Å². The van der Waals surface area contributed by atoms with Gasteiger partial charge in [-0.15, -0.1) is 0 Å².